The number of tetrazole rings is 1. The molecule has 0 amide bonds. The average molecular weight is 307 g/mol. The summed E-state index contributed by atoms with van der Waals surface area (Å²) < 4.78 is 26.0. The largest absolute Gasteiger partial charge is 0.349 e. The molecule has 2 heterocycles. The zero-order valence-electron chi connectivity index (χ0n) is 8.67. The summed E-state index contributed by atoms with van der Waals surface area (Å²) in [4.78, 5) is 1.47. The molecule has 17 heavy (non-hydrogen) atoms. The van der Waals surface area contributed by atoms with Crippen LogP contribution in [0.3, 0.4) is 0 Å². The van der Waals surface area contributed by atoms with E-state index in [1.54, 1.807) is 12.1 Å². The fraction of sp³-hybridized carbons (Fsp3) is 0.500. The van der Waals surface area contributed by atoms with E-state index in [4.69, 9.17) is 0 Å². The molecule has 2 aromatic rings. The first-order chi connectivity index (χ1) is 8.20. The maximum Gasteiger partial charge on any atom is 0.255 e. The van der Waals surface area contributed by atoms with E-state index in [-0.39, 0.29) is 6.54 Å². The van der Waals surface area contributed by atoms with Crippen LogP contribution in [0.15, 0.2) is 12.1 Å². The van der Waals surface area contributed by atoms with Gasteiger partial charge in [-0.25, -0.2) is 8.78 Å². The molecule has 9 heteroatoms. The summed E-state index contributed by atoms with van der Waals surface area (Å²) in [7, 11) is 0. The molecular formula is C8H9BrF2N6. The first kappa shape index (κ1) is 12.1. The van der Waals surface area contributed by atoms with Crippen LogP contribution in [0.2, 0.25) is 0 Å². The standard InChI is InChI=1S/C8H9BrF2N6/c9-3-4-16(5-6(10)11)8-2-1-7-12-14-15-17(7)13-8/h1-2,6H,3-5H2. The maximum atomic E-state index is 12.4. The molecule has 0 unspecified atom stereocenters. The van der Waals surface area contributed by atoms with Crippen molar-refractivity contribution in [3.63, 3.8) is 0 Å². The van der Waals surface area contributed by atoms with E-state index >= 15 is 0 Å². The van der Waals surface area contributed by atoms with E-state index in [0.29, 0.717) is 23.3 Å². The Bertz CT molecular complexity index is 490. The van der Waals surface area contributed by atoms with E-state index in [9.17, 15) is 8.78 Å². The molecule has 0 saturated heterocycles. The second-order valence-corrected chi connectivity index (χ2v) is 4.04. The minimum atomic E-state index is -2.42. The average Bonchev–Trinajstić information content (AvgIpc) is 2.74. The number of anilines is 1. The van der Waals surface area contributed by atoms with Crippen molar-refractivity contribution in [2.45, 2.75) is 6.43 Å². The van der Waals surface area contributed by atoms with Gasteiger partial charge in [0.05, 0.1) is 6.54 Å². The third-order valence-corrected chi connectivity index (χ3v) is 2.45. The maximum absolute atomic E-state index is 12.4. The molecule has 0 bridgehead atoms. The number of hydrogen-bond donors (Lipinski definition) is 0. The molecule has 0 saturated carbocycles. The zero-order chi connectivity index (χ0) is 12.3. The predicted octanol–water partition coefficient (Wildman–Crippen LogP) is 0.986. The van der Waals surface area contributed by atoms with Gasteiger partial charge in [-0.15, -0.1) is 14.8 Å². The van der Waals surface area contributed by atoms with E-state index < -0.39 is 6.43 Å². The number of alkyl halides is 3. The van der Waals surface area contributed by atoms with E-state index in [1.807, 2.05) is 0 Å². The van der Waals surface area contributed by atoms with Gasteiger partial charge in [-0.3, -0.25) is 0 Å². The lowest BCUT2D eigenvalue weighted by atomic mass is 10.4. The van der Waals surface area contributed by atoms with Crippen LogP contribution in [0.5, 0.6) is 0 Å². The van der Waals surface area contributed by atoms with Crippen molar-refractivity contribution >= 4 is 27.4 Å². The normalized spacial score (nSPS) is 11.3. The monoisotopic (exact) mass is 306 g/mol. The van der Waals surface area contributed by atoms with Crippen LogP contribution in [0.1, 0.15) is 0 Å². The van der Waals surface area contributed by atoms with Crippen LogP contribution in [0, 0.1) is 0 Å². The Balaban J connectivity index is 2.26. The van der Waals surface area contributed by atoms with E-state index in [0.717, 1.165) is 0 Å². The molecule has 0 aliphatic heterocycles. The highest BCUT2D eigenvalue weighted by Gasteiger charge is 2.14. The molecule has 0 N–H and O–H groups in total. The van der Waals surface area contributed by atoms with Crippen molar-refractivity contribution in [3.05, 3.63) is 12.1 Å². The lowest BCUT2D eigenvalue weighted by Crippen LogP contribution is -2.31. The van der Waals surface area contributed by atoms with Crippen LogP contribution in [-0.2, 0) is 0 Å². The second kappa shape index (κ2) is 5.30. The fourth-order valence-corrected chi connectivity index (χ4v) is 1.80. The van der Waals surface area contributed by atoms with Crippen molar-refractivity contribution in [1.82, 2.24) is 25.3 Å². The van der Waals surface area contributed by atoms with Gasteiger partial charge >= 0.3 is 0 Å². The van der Waals surface area contributed by atoms with Crippen LogP contribution in [0.25, 0.3) is 5.65 Å². The number of aromatic nitrogens is 5. The minimum absolute atomic E-state index is 0.369. The quantitative estimate of drug-likeness (QED) is 0.771. The predicted molar refractivity (Wildman–Crippen MR) is 60.6 cm³/mol. The molecule has 0 fully saturated rings. The Kier molecular flexibility index (Phi) is 3.77. The van der Waals surface area contributed by atoms with Gasteiger partial charge in [0, 0.05) is 11.9 Å². The van der Waals surface area contributed by atoms with Crippen LogP contribution < -0.4 is 4.90 Å². The molecule has 0 aliphatic rings. The van der Waals surface area contributed by atoms with Gasteiger partial charge in [-0.1, -0.05) is 15.9 Å². The topological polar surface area (TPSA) is 59.2 Å². The summed E-state index contributed by atoms with van der Waals surface area (Å²) in [5.41, 5.74) is 0.476. The number of hydrogen-bond acceptors (Lipinski definition) is 5. The highest BCUT2D eigenvalue weighted by atomic mass is 79.9. The Morgan fingerprint density at radius 2 is 2.24 bits per heavy atom. The van der Waals surface area contributed by atoms with E-state index in [1.165, 1.54) is 9.53 Å². The van der Waals surface area contributed by atoms with Crippen molar-refractivity contribution < 1.29 is 8.78 Å². The van der Waals surface area contributed by atoms with Gasteiger partial charge < -0.3 is 4.90 Å². The summed E-state index contributed by atoms with van der Waals surface area (Å²) in [5, 5.41) is 15.4. The highest BCUT2D eigenvalue weighted by molar-refractivity contribution is 9.09. The molecule has 0 aliphatic carbocycles. The Hall–Kier alpha value is -1.38. The SMILES string of the molecule is FC(F)CN(CCBr)c1ccc2nnnn2n1. The summed E-state index contributed by atoms with van der Waals surface area (Å²) in [5.74, 6) is 0.421. The molecule has 0 aromatic carbocycles. The summed E-state index contributed by atoms with van der Waals surface area (Å²) in [6.07, 6.45) is -2.42. The van der Waals surface area contributed by atoms with Gasteiger partial charge in [0.25, 0.3) is 6.43 Å². The lowest BCUT2D eigenvalue weighted by Gasteiger charge is -2.21. The molecule has 0 atom stereocenters. The van der Waals surface area contributed by atoms with Gasteiger partial charge in [0.2, 0.25) is 0 Å². The molecule has 0 radical (unpaired) electrons. The van der Waals surface area contributed by atoms with Crippen molar-refractivity contribution in [1.29, 1.82) is 0 Å². The smallest absolute Gasteiger partial charge is 0.255 e. The summed E-state index contributed by atoms with van der Waals surface area (Å²) in [6, 6.07) is 3.26. The first-order valence-electron chi connectivity index (χ1n) is 4.85. The van der Waals surface area contributed by atoms with Crippen molar-refractivity contribution in [2.24, 2.45) is 0 Å². The van der Waals surface area contributed by atoms with Crippen LogP contribution >= 0.6 is 15.9 Å². The van der Waals surface area contributed by atoms with Gasteiger partial charge in [-0.05, 0) is 22.6 Å². The molecule has 0 spiro atoms. The summed E-state index contributed by atoms with van der Waals surface area (Å²) in [6.45, 7) is 0.0667. The first-order valence-corrected chi connectivity index (χ1v) is 5.97. The van der Waals surface area contributed by atoms with Crippen LogP contribution in [-0.4, -0.2) is 50.1 Å². The molecular weight excluding hydrogens is 298 g/mol. The number of fused-ring (bicyclic) bond motifs is 1. The Labute approximate surface area is 104 Å². The molecule has 92 valence electrons. The fourth-order valence-electron chi connectivity index (χ4n) is 1.38. The minimum Gasteiger partial charge on any atom is -0.349 e. The molecule has 2 rings (SSSR count). The molecule has 2 aromatic heterocycles. The van der Waals surface area contributed by atoms with Gasteiger partial charge in [-0.2, -0.15) is 0 Å². The highest BCUT2D eigenvalue weighted by Crippen LogP contribution is 2.12. The Morgan fingerprint density at radius 1 is 1.41 bits per heavy atom. The number of nitrogens with zero attached hydrogens (tertiary/aromatic N) is 6. The third kappa shape index (κ3) is 2.84. The summed E-state index contributed by atoms with van der Waals surface area (Å²) >= 11 is 3.22. The second-order valence-electron chi connectivity index (χ2n) is 3.24. The number of halogens is 3. The van der Waals surface area contributed by atoms with Crippen molar-refractivity contribution in [2.75, 3.05) is 23.3 Å². The molecule has 6 nitrogen and oxygen atoms in total. The number of rotatable bonds is 5. The van der Waals surface area contributed by atoms with Crippen molar-refractivity contribution in [3.8, 4) is 0 Å². The van der Waals surface area contributed by atoms with E-state index in [2.05, 4.69) is 36.6 Å². The van der Waals surface area contributed by atoms with Crippen LogP contribution in [0.4, 0.5) is 14.6 Å². The van der Waals surface area contributed by atoms with Gasteiger partial charge in [0.1, 0.15) is 0 Å². The third-order valence-electron chi connectivity index (χ3n) is 2.09. The Morgan fingerprint density at radius 3 is 2.94 bits per heavy atom. The lowest BCUT2D eigenvalue weighted by molar-refractivity contribution is 0.155. The van der Waals surface area contributed by atoms with Gasteiger partial charge in [0.15, 0.2) is 11.5 Å². The zero-order valence-corrected chi connectivity index (χ0v) is 10.3.